The number of carbonyl (C=O) groups is 1. The first-order valence-electron chi connectivity index (χ1n) is 8.67. The van der Waals surface area contributed by atoms with Gasteiger partial charge in [0.2, 0.25) is 5.65 Å². The molecule has 3 rings (SSSR count). The lowest BCUT2D eigenvalue weighted by Gasteiger charge is -2.14. The Bertz CT molecular complexity index is 1140. The summed E-state index contributed by atoms with van der Waals surface area (Å²) in [5.74, 6) is -0.545. The quantitative estimate of drug-likeness (QED) is 0.686. The molecule has 2 aromatic heterocycles. The van der Waals surface area contributed by atoms with Gasteiger partial charge in [-0.05, 0) is 26.0 Å². The van der Waals surface area contributed by atoms with E-state index in [0.29, 0.717) is 11.4 Å². The number of halogens is 1. The Hall–Kier alpha value is -3.42. The highest BCUT2D eigenvalue weighted by Gasteiger charge is 2.18. The Morgan fingerprint density at radius 1 is 1.32 bits per heavy atom. The lowest BCUT2D eigenvalue weighted by Crippen LogP contribution is -2.24. The van der Waals surface area contributed by atoms with Gasteiger partial charge in [-0.3, -0.25) is 18.6 Å². The zero-order valence-corrected chi connectivity index (χ0v) is 16.1. The second-order valence-corrected chi connectivity index (χ2v) is 6.49. The molecule has 3 aromatic rings. The first kappa shape index (κ1) is 19.3. The predicted octanol–water partition coefficient (Wildman–Crippen LogP) is 2.64. The lowest BCUT2D eigenvalue weighted by atomic mass is 10.1. The molecule has 28 heavy (non-hydrogen) atoms. The number of amides is 1. The van der Waals surface area contributed by atoms with Crippen LogP contribution in [0.5, 0.6) is 5.75 Å². The molecule has 0 aliphatic heterocycles. The van der Waals surface area contributed by atoms with E-state index >= 15 is 0 Å². The molecular weight excluding hydrogens is 363 g/mol. The van der Waals surface area contributed by atoms with Crippen molar-refractivity contribution in [3.8, 4) is 17.0 Å². The summed E-state index contributed by atoms with van der Waals surface area (Å²) in [6.07, 6.45) is 4.91. The number of benzene rings is 1. The highest BCUT2D eigenvalue weighted by atomic mass is 19.1. The molecule has 0 aliphatic rings. The number of carbonyl (C=O) groups excluding carboxylic acids is 1. The van der Waals surface area contributed by atoms with Gasteiger partial charge in [0.15, 0.2) is 0 Å². The number of nitrogens with zero attached hydrogens (tertiary/aromatic N) is 3. The minimum Gasteiger partial charge on any atom is -0.497 e. The van der Waals surface area contributed by atoms with Gasteiger partial charge in [-0.25, -0.2) is 9.37 Å². The minimum atomic E-state index is -0.518. The van der Waals surface area contributed by atoms with Crippen molar-refractivity contribution in [2.45, 2.75) is 20.4 Å². The van der Waals surface area contributed by atoms with Crippen LogP contribution < -0.4 is 15.6 Å². The van der Waals surface area contributed by atoms with Gasteiger partial charge in [-0.2, -0.15) is 0 Å². The summed E-state index contributed by atoms with van der Waals surface area (Å²) in [6, 6.07) is 4.45. The first-order chi connectivity index (χ1) is 13.3. The Morgan fingerprint density at radius 2 is 2.07 bits per heavy atom. The smallest absolute Gasteiger partial charge is 0.295 e. The van der Waals surface area contributed by atoms with Crippen LogP contribution in [0, 0.1) is 5.82 Å². The molecule has 0 saturated heterocycles. The molecule has 0 unspecified atom stereocenters. The van der Waals surface area contributed by atoms with Crippen LogP contribution in [0.4, 0.5) is 4.39 Å². The molecule has 146 valence electrons. The van der Waals surface area contributed by atoms with Gasteiger partial charge in [0.05, 0.1) is 12.8 Å². The summed E-state index contributed by atoms with van der Waals surface area (Å²) in [5.41, 5.74) is 1.43. The Labute approximate surface area is 161 Å². The SMILES string of the molecule is CNC(=O)c1cn2cc(-c3ccc(OC)cc3F)n(CC=C(C)C)c(=O)c2n1. The van der Waals surface area contributed by atoms with Crippen molar-refractivity contribution in [3.63, 3.8) is 0 Å². The number of hydrogen-bond acceptors (Lipinski definition) is 4. The van der Waals surface area contributed by atoms with Crippen LogP contribution in [-0.4, -0.2) is 34.0 Å². The number of ether oxygens (including phenoxy) is 1. The van der Waals surface area contributed by atoms with Gasteiger partial charge in [-0.15, -0.1) is 0 Å². The van der Waals surface area contributed by atoms with Crippen molar-refractivity contribution in [3.05, 3.63) is 64.1 Å². The number of rotatable bonds is 5. The maximum atomic E-state index is 14.7. The lowest BCUT2D eigenvalue weighted by molar-refractivity contribution is 0.0958. The van der Waals surface area contributed by atoms with Crippen molar-refractivity contribution in [2.24, 2.45) is 0 Å². The van der Waals surface area contributed by atoms with Gasteiger partial charge in [0.1, 0.15) is 17.3 Å². The molecule has 0 atom stereocenters. The van der Waals surface area contributed by atoms with E-state index in [2.05, 4.69) is 10.3 Å². The predicted molar refractivity (Wildman–Crippen MR) is 104 cm³/mol. The summed E-state index contributed by atoms with van der Waals surface area (Å²) in [7, 11) is 2.94. The summed E-state index contributed by atoms with van der Waals surface area (Å²) < 4.78 is 22.7. The van der Waals surface area contributed by atoms with Crippen LogP contribution in [-0.2, 0) is 6.54 Å². The van der Waals surface area contributed by atoms with E-state index in [4.69, 9.17) is 4.74 Å². The molecule has 0 bridgehead atoms. The Morgan fingerprint density at radius 3 is 2.68 bits per heavy atom. The van der Waals surface area contributed by atoms with E-state index in [1.165, 1.54) is 35.4 Å². The number of fused-ring (bicyclic) bond motifs is 1. The fraction of sp³-hybridized carbons (Fsp3) is 0.250. The monoisotopic (exact) mass is 384 g/mol. The van der Waals surface area contributed by atoms with E-state index in [-0.39, 0.29) is 23.4 Å². The highest BCUT2D eigenvalue weighted by molar-refractivity contribution is 5.92. The van der Waals surface area contributed by atoms with Crippen molar-refractivity contribution in [1.29, 1.82) is 0 Å². The van der Waals surface area contributed by atoms with Gasteiger partial charge in [0, 0.05) is 37.6 Å². The van der Waals surface area contributed by atoms with E-state index in [1.807, 2.05) is 19.9 Å². The summed E-state index contributed by atoms with van der Waals surface area (Å²) in [4.78, 5) is 29.1. The topological polar surface area (TPSA) is 77.6 Å². The van der Waals surface area contributed by atoms with Crippen molar-refractivity contribution in [1.82, 2.24) is 19.3 Å². The average molecular weight is 384 g/mol. The second-order valence-electron chi connectivity index (χ2n) is 6.49. The second kappa shape index (κ2) is 7.67. The molecule has 0 spiro atoms. The number of methoxy groups -OCH3 is 1. The number of allylic oxidation sites excluding steroid dienone is 2. The molecular formula is C20H21FN4O3. The number of aromatic nitrogens is 3. The van der Waals surface area contributed by atoms with E-state index in [1.54, 1.807) is 18.3 Å². The van der Waals surface area contributed by atoms with E-state index < -0.39 is 17.3 Å². The van der Waals surface area contributed by atoms with Crippen LogP contribution in [0.1, 0.15) is 24.3 Å². The van der Waals surface area contributed by atoms with Crippen molar-refractivity contribution >= 4 is 11.6 Å². The standard InChI is InChI=1S/C20H21FN4O3/c1-12(2)7-8-25-17(14-6-5-13(28-4)9-15(14)21)11-24-10-16(19(26)22-3)23-18(24)20(25)27/h5-7,9-11H,8H2,1-4H3,(H,22,26). The Kier molecular flexibility index (Phi) is 5.30. The molecule has 1 amide bonds. The molecule has 0 fully saturated rings. The maximum absolute atomic E-state index is 14.7. The molecule has 1 N–H and O–H groups in total. The maximum Gasteiger partial charge on any atom is 0.295 e. The zero-order chi connectivity index (χ0) is 20.4. The third-order valence-electron chi connectivity index (χ3n) is 4.31. The van der Waals surface area contributed by atoms with Crippen LogP contribution in [0.25, 0.3) is 16.9 Å². The van der Waals surface area contributed by atoms with E-state index in [9.17, 15) is 14.0 Å². The number of imidazole rings is 1. The molecule has 0 aliphatic carbocycles. The molecule has 8 heteroatoms. The summed E-state index contributed by atoms with van der Waals surface area (Å²) in [5, 5.41) is 2.48. The number of hydrogen-bond donors (Lipinski definition) is 1. The minimum absolute atomic E-state index is 0.0958. The van der Waals surface area contributed by atoms with Crippen molar-refractivity contribution in [2.75, 3.05) is 14.2 Å². The van der Waals surface area contributed by atoms with Gasteiger partial charge < -0.3 is 10.1 Å². The normalized spacial score (nSPS) is 10.8. The molecule has 0 saturated carbocycles. The zero-order valence-electron chi connectivity index (χ0n) is 16.1. The first-order valence-corrected chi connectivity index (χ1v) is 8.67. The molecule has 7 nitrogen and oxygen atoms in total. The molecule has 0 radical (unpaired) electrons. The van der Waals surface area contributed by atoms with Crippen LogP contribution in [0.3, 0.4) is 0 Å². The van der Waals surface area contributed by atoms with Gasteiger partial charge in [0.25, 0.3) is 11.5 Å². The third kappa shape index (κ3) is 3.53. The van der Waals surface area contributed by atoms with Gasteiger partial charge >= 0.3 is 0 Å². The third-order valence-corrected chi connectivity index (χ3v) is 4.31. The average Bonchev–Trinajstić information content (AvgIpc) is 3.10. The molecule has 1 aromatic carbocycles. The largest absolute Gasteiger partial charge is 0.497 e. The molecule has 2 heterocycles. The fourth-order valence-corrected chi connectivity index (χ4v) is 2.82. The van der Waals surface area contributed by atoms with Crippen molar-refractivity contribution < 1.29 is 13.9 Å². The summed E-state index contributed by atoms with van der Waals surface area (Å²) in [6.45, 7) is 4.08. The summed E-state index contributed by atoms with van der Waals surface area (Å²) >= 11 is 0. The van der Waals surface area contributed by atoms with Crippen LogP contribution >= 0.6 is 0 Å². The highest BCUT2D eigenvalue weighted by Crippen LogP contribution is 2.26. The number of nitrogens with one attached hydrogen (secondary N) is 1. The van der Waals surface area contributed by atoms with Gasteiger partial charge in [-0.1, -0.05) is 11.6 Å². The fourth-order valence-electron chi connectivity index (χ4n) is 2.82. The van der Waals surface area contributed by atoms with E-state index in [0.717, 1.165) is 5.57 Å². The van der Waals surface area contributed by atoms with Crippen LogP contribution in [0.15, 0.2) is 47.0 Å². The Balaban J connectivity index is 2.30. The van der Waals surface area contributed by atoms with Crippen LogP contribution in [0.2, 0.25) is 0 Å².